The van der Waals surface area contributed by atoms with E-state index < -0.39 is 0 Å². The van der Waals surface area contributed by atoms with E-state index in [1.165, 1.54) is 5.56 Å². The third kappa shape index (κ3) is 5.84. The Bertz CT molecular complexity index is 946. The number of oxime groups is 2. The SMILES string of the molecule is C/C(=N\OCC(C)(C)CO/N=C1\CCCc2ccc(C)nc21)c1nc(C)cc(C)n1. The number of aryl methyl sites for hydroxylation is 4. The molecule has 0 bridgehead atoms. The summed E-state index contributed by atoms with van der Waals surface area (Å²) in [5, 5.41) is 8.59. The van der Waals surface area contributed by atoms with Gasteiger partial charge in [-0.2, -0.15) is 0 Å². The summed E-state index contributed by atoms with van der Waals surface area (Å²) in [4.78, 5) is 24.7. The quantitative estimate of drug-likeness (QED) is 0.502. The first-order valence-corrected chi connectivity index (χ1v) is 10.4. The number of pyridine rings is 1. The van der Waals surface area contributed by atoms with Gasteiger partial charge in [0.2, 0.25) is 0 Å². The van der Waals surface area contributed by atoms with E-state index in [9.17, 15) is 0 Å². The van der Waals surface area contributed by atoms with Crippen LogP contribution in [0, 0.1) is 26.2 Å². The molecule has 160 valence electrons. The Kier molecular flexibility index (Phi) is 6.80. The van der Waals surface area contributed by atoms with Crippen LogP contribution in [0.3, 0.4) is 0 Å². The molecular formula is C23H31N5O2. The van der Waals surface area contributed by atoms with Crippen molar-refractivity contribution in [3.63, 3.8) is 0 Å². The van der Waals surface area contributed by atoms with Crippen LogP contribution in [0.15, 0.2) is 28.5 Å². The first-order valence-electron chi connectivity index (χ1n) is 10.4. The summed E-state index contributed by atoms with van der Waals surface area (Å²) in [5.74, 6) is 0.590. The zero-order valence-electron chi connectivity index (χ0n) is 18.8. The van der Waals surface area contributed by atoms with Crippen LogP contribution < -0.4 is 0 Å². The summed E-state index contributed by atoms with van der Waals surface area (Å²) >= 11 is 0. The van der Waals surface area contributed by atoms with Gasteiger partial charge in [-0.25, -0.2) is 9.97 Å². The van der Waals surface area contributed by atoms with E-state index in [1.54, 1.807) is 0 Å². The molecule has 0 spiro atoms. The lowest BCUT2D eigenvalue weighted by Gasteiger charge is -2.22. The van der Waals surface area contributed by atoms with E-state index in [2.05, 4.69) is 51.2 Å². The molecule has 7 heteroatoms. The molecule has 0 amide bonds. The van der Waals surface area contributed by atoms with Gasteiger partial charge in [-0.05, 0) is 64.7 Å². The Hall–Kier alpha value is -2.83. The minimum absolute atomic E-state index is 0.255. The van der Waals surface area contributed by atoms with Crippen molar-refractivity contribution in [1.82, 2.24) is 15.0 Å². The van der Waals surface area contributed by atoms with Crippen molar-refractivity contribution >= 4 is 11.4 Å². The van der Waals surface area contributed by atoms with E-state index in [0.717, 1.165) is 47.7 Å². The van der Waals surface area contributed by atoms with Crippen LogP contribution in [0.5, 0.6) is 0 Å². The number of hydrogen-bond donors (Lipinski definition) is 0. The fourth-order valence-corrected chi connectivity index (χ4v) is 3.25. The van der Waals surface area contributed by atoms with Gasteiger partial charge >= 0.3 is 0 Å². The summed E-state index contributed by atoms with van der Waals surface area (Å²) in [5.41, 5.74) is 6.37. The largest absolute Gasteiger partial charge is 0.395 e. The molecule has 2 aromatic rings. The van der Waals surface area contributed by atoms with Crippen LogP contribution in [0.4, 0.5) is 0 Å². The number of nitrogens with zero attached hydrogens (tertiary/aromatic N) is 5. The Balaban J connectivity index is 1.56. The van der Waals surface area contributed by atoms with Crippen molar-refractivity contribution in [2.75, 3.05) is 13.2 Å². The fourth-order valence-electron chi connectivity index (χ4n) is 3.25. The van der Waals surface area contributed by atoms with Gasteiger partial charge in [0.05, 0.1) is 5.69 Å². The highest BCUT2D eigenvalue weighted by Crippen LogP contribution is 2.22. The molecule has 0 unspecified atom stereocenters. The molecule has 2 aromatic heterocycles. The number of aromatic nitrogens is 3. The highest BCUT2D eigenvalue weighted by atomic mass is 16.6. The van der Waals surface area contributed by atoms with E-state index in [4.69, 9.17) is 9.68 Å². The lowest BCUT2D eigenvalue weighted by Crippen LogP contribution is -2.25. The lowest BCUT2D eigenvalue weighted by atomic mass is 9.94. The van der Waals surface area contributed by atoms with E-state index in [-0.39, 0.29) is 5.41 Å². The second-order valence-corrected chi connectivity index (χ2v) is 8.71. The number of hydrogen-bond acceptors (Lipinski definition) is 7. The molecule has 3 rings (SSSR count). The summed E-state index contributed by atoms with van der Waals surface area (Å²) in [6.45, 7) is 12.7. The highest BCUT2D eigenvalue weighted by Gasteiger charge is 2.22. The van der Waals surface area contributed by atoms with Crippen LogP contribution in [-0.4, -0.2) is 39.6 Å². The number of fused-ring (bicyclic) bond motifs is 1. The predicted octanol–water partition coefficient (Wildman–Crippen LogP) is 4.32. The first kappa shape index (κ1) is 21.9. The molecule has 0 fully saturated rings. The molecule has 0 radical (unpaired) electrons. The van der Waals surface area contributed by atoms with Gasteiger partial charge in [-0.1, -0.05) is 30.2 Å². The smallest absolute Gasteiger partial charge is 0.177 e. The van der Waals surface area contributed by atoms with Crippen molar-refractivity contribution in [3.8, 4) is 0 Å². The molecular weight excluding hydrogens is 378 g/mol. The van der Waals surface area contributed by atoms with E-state index in [0.29, 0.717) is 24.7 Å². The van der Waals surface area contributed by atoms with Crippen LogP contribution >= 0.6 is 0 Å². The summed E-state index contributed by atoms with van der Waals surface area (Å²) in [6, 6.07) is 6.12. The zero-order chi connectivity index (χ0) is 21.7. The van der Waals surface area contributed by atoms with Crippen molar-refractivity contribution in [1.29, 1.82) is 0 Å². The second-order valence-electron chi connectivity index (χ2n) is 8.71. The monoisotopic (exact) mass is 409 g/mol. The van der Waals surface area contributed by atoms with Gasteiger partial charge in [-0.3, -0.25) is 4.98 Å². The average Bonchev–Trinajstić information content (AvgIpc) is 2.67. The zero-order valence-corrected chi connectivity index (χ0v) is 18.8. The minimum Gasteiger partial charge on any atom is -0.395 e. The summed E-state index contributed by atoms with van der Waals surface area (Å²) < 4.78 is 0. The minimum atomic E-state index is -0.255. The molecule has 1 aliphatic carbocycles. The average molecular weight is 410 g/mol. The maximum Gasteiger partial charge on any atom is 0.177 e. The Morgan fingerprint density at radius 3 is 2.40 bits per heavy atom. The summed E-state index contributed by atoms with van der Waals surface area (Å²) in [6.07, 6.45) is 3.00. The molecule has 1 aliphatic rings. The van der Waals surface area contributed by atoms with Gasteiger partial charge in [0.25, 0.3) is 0 Å². The maximum atomic E-state index is 5.70. The maximum absolute atomic E-state index is 5.70. The van der Waals surface area contributed by atoms with Crippen molar-refractivity contribution in [2.45, 2.75) is 60.8 Å². The highest BCUT2D eigenvalue weighted by molar-refractivity contribution is 6.00. The van der Waals surface area contributed by atoms with Gasteiger partial charge in [0.1, 0.15) is 24.6 Å². The van der Waals surface area contributed by atoms with Crippen molar-refractivity contribution < 1.29 is 9.68 Å². The molecule has 30 heavy (non-hydrogen) atoms. The molecule has 0 aliphatic heterocycles. The second kappa shape index (κ2) is 9.32. The molecule has 7 nitrogen and oxygen atoms in total. The standard InChI is InChI=1S/C23H31N5O2/c1-15-10-11-19-8-7-9-20(21(19)24-15)28-30-14-23(5,6)13-29-27-18(4)22-25-16(2)12-17(3)26-22/h10-12H,7-9,13-14H2,1-6H3/b27-18+,28-20+. The van der Waals surface area contributed by atoms with Crippen molar-refractivity contribution in [3.05, 3.63) is 52.4 Å². The third-order valence-corrected chi connectivity index (χ3v) is 4.84. The van der Waals surface area contributed by atoms with Gasteiger partial charge in [0.15, 0.2) is 5.82 Å². The van der Waals surface area contributed by atoms with Crippen LogP contribution in [0.1, 0.15) is 67.8 Å². The van der Waals surface area contributed by atoms with Gasteiger partial charge in [0, 0.05) is 22.5 Å². The van der Waals surface area contributed by atoms with Gasteiger partial charge in [-0.15, -0.1) is 0 Å². The molecule has 0 saturated carbocycles. The van der Waals surface area contributed by atoms with Crippen molar-refractivity contribution in [2.24, 2.45) is 15.7 Å². The van der Waals surface area contributed by atoms with Crippen LogP contribution in [0.25, 0.3) is 0 Å². The molecule has 0 saturated heterocycles. The Morgan fingerprint density at radius 1 is 0.967 bits per heavy atom. The molecule has 2 heterocycles. The van der Waals surface area contributed by atoms with Crippen LogP contribution in [-0.2, 0) is 16.1 Å². The number of rotatable bonds is 7. The topological polar surface area (TPSA) is 81.9 Å². The Labute approximate surface area is 178 Å². The molecule has 0 atom stereocenters. The fraction of sp³-hybridized carbons (Fsp3) is 0.522. The first-order chi connectivity index (χ1) is 14.2. The lowest BCUT2D eigenvalue weighted by molar-refractivity contribution is -0.000178. The molecule has 0 N–H and O–H groups in total. The van der Waals surface area contributed by atoms with E-state index in [1.807, 2.05) is 33.8 Å². The molecule has 0 aromatic carbocycles. The normalized spacial score (nSPS) is 15.8. The van der Waals surface area contributed by atoms with Gasteiger partial charge < -0.3 is 9.68 Å². The van der Waals surface area contributed by atoms with E-state index >= 15 is 0 Å². The predicted molar refractivity (Wildman–Crippen MR) is 118 cm³/mol. The summed E-state index contributed by atoms with van der Waals surface area (Å²) in [7, 11) is 0. The third-order valence-electron chi connectivity index (χ3n) is 4.84. The van der Waals surface area contributed by atoms with Crippen LogP contribution in [0.2, 0.25) is 0 Å². The Morgan fingerprint density at radius 2 is 1.67 bits per heavy atom.